The summed E-state index contributed by atoms with van der Waals surface area (Å²) in [4.78, 5) is 15.3. The number of ketones is 1. The van der Waals surface area contributed by atoms with Gasteiger partial charge in [0.25, 0.3) is 0 Å². The molecule has 0 aromatic carbocycles. The van der Waals surface area contributed by atoms with Crippen molar-refractivity contribution in [2.45, 2.75) is 51.1 Å². The van der Waals surface area contributed by atoms with Gasteiger partial charge in [-0.15, -0.1) is 0 Å². The fourth-order valence-electron chi connectivity index (χ4n) is 2.75. The lowest BCUT2D eigenvalue weighted by atomic mass is 9.85. The summed E-state index contributed by atoms with van der Waals surface area (Å²) in [5, 5.41) is -0.363. The van der Waals surface area contributed by atoms with Gasteiger partial charge >= 0.3 is 6.18 Å². The van der Waals surface area contributed by atoms with E-state index in [0.717, 1.165) is 31.4 Å². The van der Waals surface area contributed by atoms with Gasteiger partial charge in [0.1, 0.15) is 10.8 Å². The van der Waals surface area contributed by atoms with Crippen LogP contribution in [0.3, 0.4) is 0 Å². The van der Waals surface area contributed by atoms with Crippen LogP contribution < -0.4 is 0 Å². The molecule has 0 unspecified atom stereocenters. The van der Waals surface area contributed by atoms with Gasteiger partial charge in [0, 0.05) is 6.42 Å². The van der Waals surface area contributed by atoms with E-state index in [4.69, 9.17) is 11.6 Å². The minimum Gasteiger partial charge on any atom is -0.294 e. The van der Waals surface area contributed by atoms with E-state index in [1.807, 2.05) is 0 Å². The molecule has 6 heteroatoms. The lowest BCUT2D eigenvalue weighted by Gasteiger charge is -2.21. The third kappa shape index (κ3) is 4.43. The Labute approximate surface area is 126 Å². The Morgan fingerprint density at radius 1 is 1.24 bits per heavy atom. The van der Waals surface area contributed by atoms with Crippen LogP contribution >= 0.6 is 11.6 Å². The molecule has 1 aliphatic rings. The van der Waals surface area contributed by atoms with Gasteiger partial charge in [-0.05, 0) is 24.5 Å². The molecule has 1 saturated carbocycles. The number of nitrogens with zero attached hydrogens (tertiary/aromatic N) is 1. The molecule has 116 valence electrons. The normalized spacial score (nSPS) is 17.0. The molecular formula is C15H17ClF3NO. The second kappa shape index (κ2) is 6.77. The van der Waals surface area contributed by atoms with Gasteiger partial charge in [-0.25, -0.2) is 4.98 Å². The van der Waals surface area contributed by atoms with E-state index in [9.17, 15) is 18.0 Å². The molecule has 0 spiro atoms. The number of hydrogen-bond acceptors (Lipinski definition) is 2. The van der Waals surface area contributed by atoms with Crippen LogP contribution in [-0.2, 0) is 6.18 Å². The molecule has 0 radical (unpaired) electrons. The van der Waals surface area contributed by atoms with Crippen LogP contribution in [0, 0.1) is 5.92 Å². The van der Waals surface area contributed by atoms with Crippen LogP contribution in [0.5, 0.6) is 0 Å². The molecule has 2 nitrogen and oxygen atoms in total. The molecule has 1 aromatic rings. The van der Waals surface area contributed by atoms with Crippen LogP contribution in [0.2, 0.25) is 5.15 Å². The number of rotatable bonds is 4. The van der Waals surface area contributed by atoms with Crippen LogP contribution in [0.4, 0.5) is 13.2 Å². The van der Waals surface area contributed by atoms with Gasteiger partial charge in [0.2, 0.25) is 0 Å². The molecule has 0 bridgehead atoms. The quantitative estimate of drug-likeness (QED) is 0.557. The van der Waals surface area contributed by atoms with E-state index in [0.29, 0.717) is 12.3 Å². The first-order valence-electron chi connectivity index (χ1n) is 7.15. The third-order valence-electron chi connectivity index (χ3n) is 3.94. The zero-order valence-corrected chi connectivity index (χ0v) is 12.3. The lowest BCUT2D eigenvalue weighted by molar-refractivity contribution is -0.141. The summed E-state index contributed by atoms with van der Waals surface area (Å²) in [5.74, 6) is 0.315. The highest BCUT2D eigenvalue weighted by Gasteiger charge is 2.33. The summed E-state index contributed by atoms with van der Waals surface area (Å²) < 4.78 is 37.5. The van der Waals surface area contributed by atoms with Gasteiger partial charge in [-0.3, -0.25) is 4.79 Å². The Hall–Kier alpha value is -1.10. The highest BCUT2D eigenvalue weighted by Crippen LogP contribution is 2.31. The fourth-order valence-corrected chi connectivity index (χ4v) is 3.01. The molecule has 21 heavy (non-hydrogen) atoms. The molecule has 0 amide bonds. The van der Waals surface area contributed by atoms with E-state index < -0.39 is 11.9 Å². The van der Waals surface area contributed by atoms with E-state index in [1.54, 1.807) is 0 Å². The molecular weight excluding hydrogens is 303 g/mol. The third-order valence-corrected chi connectivity index (χ3v) is 4.23. The molecule has 0 aliphatic heterocycles. The van der Waals surface area contributed by atoms with Crippen LogP contribution in [0.25, 0.3) is 0 Å². The lowest BCUT2D eigenvalue weighted by Crippen LogP contribution is -2.12. The molecule has 1 fully saturated rings. The Kier molecular flexibility index (Phi) is 5.25. The van der Waals surface area contributed by atoms with E-state index in [1.165, 1.54) is 19.3 Å². The van der Waals surface area contributed by atoms with E-state index in [2.05, 4.69) is 4.98 Å². The number of pyridine rings is 1. The Balaban J connectivity index is 1.99. The van der Waals surface area contributed by atoms with Gasteiger partial charge < -0.3 is 0 Å². The highest BCUT2D eigenvalue weighted by molar-refractivity contribution is 6.32. The standard InChI is InChI=1S/C15H17ClF3NO/c16-14-11(7-9-13(20-14)15(17,18)19)12(21)8-6-10-4-2-1-3-5-10/h7,9-10H,1-6,8H2. The van der Waals surface area contributed by atoms with Crippen molar-refractivity contribution in [2.75, 3.05) is 0 Å². The summed E-state index contributed by atoms with van der Waals surface area (Å²) in [6.07, 6.45) is 2.45. The fraction of sp³-hybridized carbons (Fsp3) is 0.600. The minimum absolute atomic E-state index is 0.0838. The number of hydrogen-bond donors (Lipinski definition) is 0. The Morgan fingerprint density at radius 3 is 2.48 bits per heavy atom. The number of carbonyl (C=O) groups excluding carboxylic acids is 1. The van der Waals surface area contributed by atoms with Gasteiger partial charge in [-0.2, -0.15) is 13.2 Å². The van der Waals surface area contributed by atoms with Crippen molar-refractivity contribution in [1.82, 2.24) is 4.98 Å². The van der Waals surface area contributed by atoms with Crippen molar-refractivity contribution in [3.8, 4) is 0 Å². The Morgan fingerprint density at radius 2 is 1.90 bits per heavy atom. The summed E-state index contributed by atoms with van der Waals surface area (Å²) in [6.45, 7) is 0. The van der Waals surface area contributed by atoms with Gasteiger partial charge in [0.15, 0.2) is 5.78 Å². The first-order chi connectivity index (χ1) is 9.88. The number of alkyl halides is 3. The maximum absolute atomic E-state index is 12.5. The van der Waals surface area contributed by atoms with E-state index in [-0.39, 0.29) is 16.5 Å². The zero-order valence-electron chi connectivity index (χ0n) is 11.5. The number of aromatic nitrogens is 1. The minimum atomic E-state index is -4.55. The maximum Gasteiger partial charge on any atom is 0.433 e. The van der Waals surface area contributed by atoms with Crippen molar-refractivity contribution < 1.29 is 18.0 Å². The van der Waals surface area contributed by atoms with Crippen molar-refractivity contribution in [1.29, 1.82) is 0 Å². The van der Waals surface area contributed by atoms with Crippen molar-refractivity contribution in [3.05, 3.63) is 28.5 Å². The highest BCUT2D eigenvalue weighted by atomic mass is 35.5. The largest absolute Gasteiger partial charge is 0.433 e. The molecule has 0 N–H and O–H groups in total. The second-order valence-corrected chi connectivity index (χ2v) is 5.86. The van der Waals surface area contributed by atoms with Crippen molar-refractivity contribution in [2.24, 2.45) is 5.92 Å². The first kappa shape index (κ1) is 16.3. The molecule has 1 aromatic heterocycles. The van der Waals surface area contributed by atoms with Crippen LogP contribution in [-0.4, -0.2) is 10.8 Å². The van der Waals surface area contributed by atoms with Crippen molar-refractivity contribution in [3.63, 3.8) is 0 Å². The molecule has 1 aliphatic carbocycles. The summed E-state index contributed by atoms with van der Waals surface area (Å²) >= 11 is 5.72. The van der Waals surface area contributed by atoms with Gasteiger partial charge in [-0.1, -0.05) is 43.7 Å². The predicted octanol–water partition coefficient (Wildman–Crippen LogP) is 5.30. The average Bonchev–Trinajstić information content (AvgIpc) is 2.45. The Bertz CT molecular complexity index is 510. The topological polar surface area (TPSA) is 30.0 Å². The predicted molar refractivity (Wildman–Crippen MR) is 74.4 cm³/mol. The monoisotopic (exact) mass is 319 g/mol. The average molecular weight is 320 g/mol. The summed E-state index contributed by atoms with van der Waals surface area (Å²) in [6, 6.07) is 1.93. The zero-order chi connectivity index (χ0) is 15.5. The smallest absolute Gasteiger partial charge is 0.294 e. The van der Waals surface area contributed by atoms with Crippen LogP contribution in [0.15, 0.2) is 12.1 Å². The first-order valence-corrected chi connectivity index (χ1v) is 7.52. The summed E-state index contributed by atoms with van der Waals surface area (Å²) in [5.41, 5.74) is -0.989. The number of carbonyl (C=O) groups is 1. The number of halogens is 4. The van der Waals surface area contributed by atoms with E-state index >= 15 is 0 Å². The van der Waals surface area contributed by atoms with Crippen LogP contribution in [0.1, 0.15) is 61.0 Å². The summed E-state index contributed by atoms with van der Waals surface area (Å²) in [7, 11) is 0. The van der Waals surface area contributed by atoms with Crippen molar-refractivity contribution >= 4 is 17.4 Å². The molecule has 2 rings (SSSR count). The SMILES string of the molecule is O=C(CCC1CCCCC1)c1ccc(C(F)(F)F)nc1Cl. The molecule has 0 atom stereocenters. The second-order valence-electron chi connectivity index (χ2n) is 5.50. The molecule has 1 heterocycles. The molecule has 0 saturated heterocycles. The number of Topliss-reactive ketones (excluding diaryl/α,β-unsaturated/α-hetero) is 1. The maximum atomic E-state index is 12.5. The van der Waals surface area contributed by atoms with Gasteiger partial charge in [0.05, 0.1) is 5.56 Å².